The van der Waals surface area contributed by atoms with E-state index in [1.807, 2.05) is 0 Å². The van der Waals surface area contributed by atoms with Gasteiger partial charge in [0.05, 0.1) is 12.0 Å². The molecule has 2 rings (SSSR count). The summed E-state index contributed by atoms with van der Waals surface area (Å²) in [6.07, 6.45) is 2.01. The second kappa shape index (κ2) is 8.84. The van der Waals surface area contributed by atoms with Crippen molar-refractivity contribution in [1.82, 2.24) is 10.2 Å². The fourth-order valence-electron chi connectivity index (χ4n) is 2.64. The van der Waals surface area contributed by atoms with Gasteiger partial charge < -0.3 is 9.64 Å². The molecule has 2 aromatic rings. The van der Waals surface area contributed by atoms with Crippen LogP contribution < -0.4 is 14.4 Å². The Kier molecular flexibility index (Phi) is 6.79. The number of aromatic nitrogens is 2. The topological polar surface area (TPSA) is 84.4 Å². The number of rotatable bonds is 9. The molecule has 0 saturated carbocycles. The van der Waals surface area contributed by atoms with E-state index in [1.54, 1.807) is 38.3 Å². The maximum Gasteiger partial charge on any atom is 0.263 e. The first-order valence-electron chi connectivity index (χ1n) is 8.67. The largest absolute Gasteiger partial charge is 0.496 e. The molecule has 0 aliphatic heterocycles. The Morgan fingerprint density at radius 1 is 1.08 bits per heavy atom. The molecule has 0 fully saturated rings. The fraction of sp³-hybridized carbons (Fsp3) is 0.444. The molecule has 0 spiro atoms. The first-order valence-corrected chi connectivity index (χ1v) is 10.2. The third kappa shape index (κ3) is 4.85. The lowest BCUT2D eigenvalue weighted by molar-refractivity contribution is 0.411. The summed E-state index contributed by atoms with van der Waals surface area (Å²) in [5, 5.41) is 8.19. The number of methoxy groups -OCH3 is 1. The van der Waals surface area contributed by atoms with Gasteiger partial charge in [-0.1, -0.05) is 13.8 Å². The Morgan fingerprint density at radius 2 is 1.77 bits per heavy atom. The van der Waals surface area contributed by atoms with Gasteiger partial charge in [0.15, 0.2) is 11.6 Å². The monoisotopic (exact) mass is 378 g/mol. The molecule has 0 unspecified atom stereocenters. The van der Waals surface area contributed by atoms with Gasteiger partial charge in [-0.3, -0.25) is 4.72 Å². The number of hydrogen-bond donors (Lipinski definition) is 1. The summed E-state index contributed by atoms with van der Waals surface area (Å²) in [6, 6.07) is 8.11. The van der Waals surface area contributed by atoms with Crippen LogP contribution in [-0.2, 0) is 10.0 Å². The summed E-state index contributed by atoms with van der Waals surface area (Å²) in [4.78, 5) is 2.29. The molecule has 1 aromatic carbocycles. The second-order valence-electron chi connectivity index (χ2n) is 6.00. The molecule has 0 bridgehead atoms. The van der Waals surface area contributed by atoms with E-state index in [2.05, 4.69) is 33.7 Å². The minimum atomic E-state index is -3.74. The molecule has 26 heavy (non-hydrogen) atoms. The number of nitrogens with one attached hydrogen (secondary N) is 1. The number of benzene rings is 1. The first-order chi connectivity index (χ1) is 12.4. The van der Waals surface area contributed by atoms with Gasteiger partial charge in [-0.05, 0) is 55.7 Å². The number of nitrogens with zero attached hydrogens (tertiary/aromatic N) is 3. The van der Waals surface area contributed by atoms with Crippen molar-refractivity contribution in [2.45, 2.75) is 38.5 Å². The highest BCUT2D eigenvalue weighted by molar-refractivity contribution is 7.92. The lowest BCUT2D eigenvalue weighted by atomic mass is 10.2. The molecule has 142 valence electrons. The van der Waals surface area contributed by atoms with Crippen LogP contribution in [0.15, 0.2) is 35.2 Å². The quantitative estimate of drug-likeness (QED) is 0.721. The molecule has 0 radical (unpaired) electrons. The molecule has 0 amide bonds. The summed E-state index contributed by atoms with van der Waals surface area (Å²) in [5.41, 5.74) is 0.742. The van der Waals surface area contributed by atoms with Gasteiger partial charge in [-0.25, -0.2) is 8.42 Å². The summed E-state index contributed by atoms with van der Waals surface area (Å²) >= 11 is 0. The van der Waals surface area contributed by atoms with E-state index < -0.39 is 10.0 Å². The van der Waals surface area contributed by atoms with Crippen LogP contribution in [0.4, 0.5) is 11.6 Å². The zero-order chi connectivity index (χ0) is 19.2. The predicted octanol–water partition coefficient (Wildman–Crippen LogP) is 3.22. The van der Waals surface area contributed by atoms with Crippen LogP contribution in [0.1, 0.15) is 32.3 Å². The molecule has 0 saturated heterocycles. The van der Waals surface area contributed by atoms with Crippen molar-refractivity contribution in [2.75, 3.05) is 29.8 Å². The summed E-state index contributed by atoms with van der Waals surface area (Å²) < 4.78 is 32.7. The Balaban J connectivity index is 2.18. The molecule has 1 heterocycles. The van der Waals surface area contributed by atoms with Crippen molar-refractivity contribution in [2.24, 2.45) is 0 Å². The van der Waals surface area contributed by atoms with E-state index in [4.69, 9.17) is 4.74 Å². The molecule has 0 aliphatic rings. The predicted molar refractivity (Wildman–Crippen MR) is 103 cm³/mol. The van der Waals surface area contributed by atoms with Crippen molar-refractivity contribution in [3.63, 3.8) is 0 Å². The smallest absolute Gasteiger partial charge is 0.263 e. The average molecular weight is 378 g/mol. The van der Waals surface area contributed by atoms with Gasteiger partial charge >= 0.3 is 0 Å². The van der Waals surface area contributed by atoms with E-state index in [0.29, 0.717) is 5.75 Å². The molecule has 0 aliphatic carbocycles. The standard InChI is InChI=1S/C18H26N4O3S/c1-5-11-22(12-6-2)18-10-9-17(19-20-18)21-26(23,24)15-7-8-16(25-4)14(3)13-15/h7-10,13H,5-6,11-12H2,1-4H3,(H,19,21). The van der Waals surface area contributed by atoms with Crippen LogP contribution in [-0.4, -0.2) is 38.8 Å². The highest BCUT2D eigenvalue weighted by atomic mass is 32.2. The molecule has 8 heteroatoms. The van der Waals surface area contributed by atoms with Gasteiger partial charge in [0, 0.05) is 13.1 Å². The van der Waals surface area contributed by atoms with E-state index >= 15 is 0 Å². The third-order valence-electron chi connectivity index (χ3n) is 3.88. The average Bonchev–Trinajstić information content (AvgIpc) is 2.62. The van der Waals surface area contributed by atoms with Crippen LogP contribution in [0, 0.1) is 6.92 Å². The van der Waals surface area contributed by atoms with E-state index in [0.717, 1.165) is 37.3 Å². The number of anilines is 2. The molecular formula is C18H26N4O3S. The molecule has 7 nitrogen and oxygen atoms in total. The number of aryl methyl sites for hydroxylation is 1. The Morgan fingerprint density at radius 3 is 2.27 bits per heavy atom. The van der Waals surface area contributed by atoms with Gasteiger partial charge in [0.2, 0.25) is 0 Å². The summed E-state index contributed by atoms with van der Waals surface area (Å²) in [5.74, 6) is 1.58. The second-order valence-corrected chi connectivity index (χ2v) is 7.68. The van der Waals surface area contributed by atoms with Crippen LogP contribution in [0.3, 0.4) is 0 Å². The normalized spacial score (nSPS) is 11.2. The molecule has 1 aromatic heterocycles. The van der Waals surface area contributed by atoms with Crippen molar-refractivity contribution in [3.8, 4) is 5.75 Å². The van der Waals surface area contributed by atoms with Crippen LogP contribution in [0.25, 0.3) is 0 Å². The highest BCUT2D eigenvalue weighted by Crippen LogP contribution is 2.23. The van der Waals surface area contributed by atoms with Crippen LogP contribution in [0.5, 0.6) is 5.75 Å². The van der Waals surface area contributed by atoms with E-state index in [9.17, 15) is 8.42 Å². The molecular weight excluding hydrogens is 352 g/mol. The van der Waals surface area contributed by atoms with Crippen molar-refractivity contribution in [1.29, 1.82) is 0 Å². The van der Waals surface area contributed by atoms with Gasteiger partial charge in [-0.2, -0.15) is 0 Å². The SMILES string of the molecule is CCCN(CCC)c1ccc(NS(=O)(=O)c2ccc(OC)c(C)c2)nn1. The lowest BCUT2D eigenvalue weighted by Gasteiger charge is -2.21. The van der Waals surface area contributed by atoms with Crippen LogP contribution in [0.2, 0.25) is 0 Å². The number of ether oxygens (including phenoxy) is 1. The van der Waals surface area contributed by atoms with Crippen molar-refractivity contribution >= 4 is 21.7 Å². The lowest BCUT2D eigenvalue weighted by Crippen LogP contribution is -2.26. The van der Waals surface area contributed by atoms with Gasteiger partial charge in [0.25, 0.3) is 10.0 Å². The zero-order valence-electron chi connectivity index (χ0n) is 15.7. The van der Waals surface area contributed by atoms with Gasteiger partial charge in [-0.15, -0.1) is 10.2 Å². The Bertz CT molecular complexity index is 817. The number of hydrogen-bond acceptors (Lipinski definition) is 6. The Labute approximate surface area is 155 Å². The minimum absolute atomic E-state index is 0.153. The Hall–Kier alpha value is -2.35. The third-order valence-corrected chi connectivity index (χ3v) is 5.23. The highest BCUT2D eigenvalue weighted by Gasteiger charge is 2.17. The maximum absolute atomic E-state index is 12.5. The van der Waals surface area contributed by atoms with Crippen LogP contribution >= 0.6 is 0 Å². The van der Waals surface area contributed by atoms with Crippen molar-refractivity contribution in [3.05, 3.63) is 35.9 Å². The summed E-state index contributed by atoms with van der Waals surface area (Å²) in [6.45, 7) is 7.78. The van der Waals surface area contributed by atoms with Gasteiger partial charge in [0.1, 0.15) is 5.75 Å². The minimum Gasteiger partial charge on any atom is -0.496 e. The fourth-order valence-corrected chi connectivity index (χ4v) is 3.72. The van der Waals surface area contributed by atoms with E-state index in [-0.39, 0.29) is 10.7 Å². The first kappa shape index (κ1) is 20.0. The van der Waals surface area contributed by atoms with Crippen molar-refractivity contribution < 1.29 is 13.2 Å². The molecule has 0 atom stereocenters. The molecule has 1 N–H and O–H groups in total. The maximum atomic E-state index is 12.5. The van der Waals surface area contributed by atoms with E-state index in [1.165, 1.54) is 6.07 Å². The summed E-state index contributed by atoms with van der Waals surface area (Å²) in [7, 11) is -2.19. The number of sulfonamides is 1. The zero-order valence-corrected chi connectivity index (χ0v) is 16.5.